The molecule has 0 aliphatic rings. The predicted octanol–water partition coefficient (Wildman–Crippen LogP) is 0.0446. The van der Waals surface area contributed by atoms with Crippen LogP contribution in [0.5, 0.6) is 0 Å². The molecule has 0 saturated carbocycles. The molecule has 96 valence electrons. The van der Waals surface area contributed by atoms with Crippen LogP contribution in [0, 0.1) is 0 Å². The van der Waals surface area contributed by atoms with Gasteiger partial charge in [0.15, 0.2) is 5.78 Å². The van der Waals surface area contributed by atoms with Crippen molar-refractivity contribution in [3.8, 4) is 0 Å². The first kappa shape index (κ1) is 15.1. The first-order chi connectivity index (χ1) is 7.82. The van der Waals surface area contributed by atoms with Crippen LogP contribution in [-0.2, 0) is 14.4 Å². The highest BCUT2D eigenvalue weighted by Crippen LogP contribution is 1.95. The smallest absolute Gasteiger partial charge is 0.322 e. The molecule has 3 amide bonds. The Bertz CT molecular complexity index is 327. The number of hydrogen-bond donors (Lipinski definition) is 3. The number of hydrogen-bond acceptors (Lipinski definition) is 4. The third kappa shape index (κ3) is 7.95. The number of carbonyl (C=O) groups excluding carboxylic acids is 3. The van der Waals surface area contributed by atoms with Gasteiger partial charge in [-0.3, -0.25) is 19.7 Å². The van der Waals surface area contributed by atoms with Crippen molar-refractivity contribution >= 4 is 23.7 Å². The summed E-state index contributed by atoms with van der Waals surface area (Å²) in [6.45, 7) is 2.82. The summed E-state index contributed by atoms with van der Waals surface area (Å²) in [5.74, 6) is -1.79. The first-order valence-corrected chi connectivity index (χ1v) is 5.15. The Morgan fingerprint density at radius 3 is 2.24 bits per heavy atom. The lowest BCUT2D eigenvalue weighted by atomic mass is 10.2. The van der Waals surface area contributed by atoms with Crippen LogP contribution in [-0.4, -0.2) is 34.8 Å². The van der Waals surface area contributed by atoms with Gasteiger partial charge in [-0.05, 0) is 20.3 Å². The Morgan fingerprint density at radius 1 is 1.18 bits per heavy atom. The normalized spacial score (nSPS) is 11.4. The number of Topliss-reactive ketones (excluding diaryl/α,β-unsaturated/α-hetero) is 1. The van der Waals surface area contributed by atoms with E-state index in [1.165, 1.54) is 13.8 Å². The monoisotopic (exact) mass is 244 g/mol. The SMILES string of the molecule is CC(=O)C(C)NC(=O)NC(=O)CCCC(=O)O. The average molecular weight is 244 g/mol. The summed E-state index contributed by atoms with van der Waals surface area (Å²) < 4.78 is 0. The molecule has 0 aromatic heterocycles. The van der Waals surface area contributed by atoms with Crippen LogP contribution in [0.25, 0.3) is 0 Å². The van der Waals surface area contributed by atoms with E-state index in [9.17, 15) is 19.2 Å². The minimum atomic E-state index is -0.993. The van der Waals surface area contributed by atoms with Gasteiger partial charge in [-0.15, -0.1) is 0 Å². The highest BCUT2D eigenvalue weighted by Gasteiger charge is 2.13. The molecule has 7 nitrogen and oxygen atoms in total. The number of rotatable bonds is 6. The zero-order valence-electron chi connectivity index (χ0n) is 9.78. The summed E-state index contributed by atoms with van der Waals surface area (Å²) in [5.41, 5.74) is 0. The first-order valence-electron chi connectivity index (χ1n) is 5.15. The van der Waals surface area contributed by atoms with Crippen molar-refractivity contribution in [3.05, 3.63) is 0 Å². The fraction of sp³-hybridized carbons (Fsp3) is 0.600. The zero-order chi connectivity index (χ0) is 13.4. The van der Waals surface area contributed by atoms with Gasteiger partial charge in [0.25, 0.3) is 0 Å². The minimum absolute atomic E-state index is 0.0474. The number of urea groups is 1. The lowest BCUT2D eigenvalue weighted by Crippen LogP contribution is -2.45. The van der Waals surface area contributed by atoms with E-state index in [4.69, 9.17) is 5.11 Å². The number of carboxylic acids is 1. The molecule has 0 bridgehead atoms. The number of carbonyl (C=O) groups is 4. The Labute approximate surface area is 98.6 Å². The molecule has 0 spiro atoms. The van der Waals surface area contributed by atoms with Gasteiger partial charge in [0, 0.05) is 12.8 Å². The van der Waals surface area contributed by atoms with Crippen molar-refractivity contribution in [2.75, 3.05) is 0 Å². The van der Waals surface area contributed by atoms with E-state index >= 15 is 0 Å². The van der Waals surface area contributed by atoms with Crippen LogP contribution in [0.2, 0.25) is 0 Å². The molecule has 0 aromatic carbocycles. The summed E-state index contributed by atoms with van der Waals surface area (Å²) in [6, 6.07) is -1.42. The Morgan fingerprint density at radius 2 is 1.76 bits per heavy atom. The zero-order valence-corrected chi connectivity index (χ0v) is 9.78. The summed E-state index contributed by atoms with van der Waals surface area (Å²) in [5, 5.41) is 12.6. The minimum Gasteiger partial charge on any atom is -0.481 e. The molecular formula is C10H16N2O5. The highest BCUT2D eigenvalue weighted by atomic mass is 16.4. The molecule has 0 saturated heterocycles. The fourth-order valence-electron chi connectivity index (χ4n) is 0.924. The predicted molar refractivity (Wildman–Crippen MR) is 58.3 cm³/mol. The molecule has 0 radical (unpaired) electrons. The van der Waals surface area contributed by atoms with E-state index in [1.54, 1.807) is 0 Å². The summed E-state index contributed by atoms with van der Waals surface area (Å²) in [6.07, 6.45) is -0.0102. The number of imide groups is 1. The van der Waals surface area contributed by atoms with Crippen molar-refractivity contribution in [1.29, 1.82) is 0 Å². The lowest BCUT2D eigenvalue weighted by molar-refractivity contribution is -0.137. The molecule has 1 atom stereocenters. The Kier molecular flexibility index (Phi) is 6.54. The van der Waals surface area contributed by atoms with Crippen LogP contribution >= 0.6 is 0 Å². The van der Waals surface area contributed by atoms with Crippen LogP contribution < -0.4 is 10.6 Å². The molecule has 0 aliphatic heterocycles. The quantitative estimate of drug-likeness (QED) is 0.610. The van der Waals surface area contributed by atoms with Crippen molar-refractivity contribution in [2.24, 2.45) is 0 Å². The van der Waals surface area contributed by atoms with Gasteiger partial charge in [-0.2, -0.15) is 0 Å². The topological polar surface area (TPSA) is 113 Å². The number of nitrogens with one attached hydrogen (secondary N) is 2. The second-order valence-corrected chi connectivity index (χ2v) is 3.60. The number of aliphatic carboxylic acids is 1. The van der Waals surface area contributed by atoms with Gasteiger partial charge in [0.2, 0.25) is 5.91 Å². The summed E-state index contributed by atoms with van der Waals surface area (Å²) >= 11 is 0. The third-order valence-electron chi connectivity index (χ3n) is 2.00. The third-order valence-corrected chi connectivity index (χ3v) is 2.00. The maximum atomic E-state index is 11.2. The maximum Gasteiger partial charge on any atom is 0.322 e. The molecule has 0 aromatic rings. The maximum absolute atomic E-state index is 11.2. The van der Waals surface area contributed by atoms with Gasteiger partial charge in [0.05, 0.1) is 6.04 Å². The molecule has 7 heteroatoms. The Hall–Kier alpha value is -1.92. The lowest BCUT2D eigenvalue weighted by Gasteiger charge is -2.10. The van der Waals surface area contributed by atoms with Crippen LogP contribution in [0.4, 0.5) is 4.79 Å². The Balaban J connectivity index is 3.84. The number of carboxylic acid groups (broad SMARTS) is 1. The molecule has 0 fully saturated rings. The van der Waals surface area contributed by atoms with E-state index in [-0.39, 0.29) is 25.0 Å². The van der Waals surface area contributed by atoms with Crippen molar-refractivity contribution < 1.29 is 24.3 Å². The van der Waals surface area contributed by atoms with Gasteiger partial charge < -0.3 is 10.4 Å². The van der Waals surface area contributed by atoms with Crippen molar-refractivity contribution in [1.82, 2.24) is 10.6 Å². The highest BCUT2D eigenvalue weighted by molar-refractivity contribution is 5.96. The molecule has 0 aliphatic carbocycles. The standard InChI is InChI=1S/C10H16N2O5/c1-6(7(2)13)11-10(17)12-8(14)4-3-5-9(15)16/h6H,3-5H2,1-2H3,(H,15,16)(H2,11,12,14,17). The second kappa shape index (κ2) is 7.37. The van der Waals surface area contributed by atoms with Gasteiger partial charge in [-0.25, -0.2) is 4.79 Å². The molecule has 0 heterocycles. The van der Waals surface area contributed by atoms with E-state index in [0.717, 1.165) is 0 Å². The van der Waals surface area contributed by atoms with Crippen molar-refractivity contribution in [3.63, 3.8) is 0 Å². The van der Waals surface area contributed by atoms with Gasteiger partial charge in [0.1, 0.15) is 0 Å². The van der Waals surface area contributed by atoms with Gasteiger partial charge >= 0.3 is 12.0 Å². The summed E-state index contributed by atoms with van der Waals surface area (Å²) in [7, 11) is 0. The van der Waals surface area contributed by atoms with Crippen LogP contribution in [0.3, 0.4) is 0 Å². The molecule has 1 unspecified atom stereocenters. The molecular weight excluding hydrogens is 228 g/mol. The number of amides is 3. The molecule has 0 rings (SSSR count). The van der Waals surface area contributed by atoms with Crippen LogP contribution in [0.15, 0.2) is 0 Å². The second-order valence-electron chi connectivity index (χ2n) is 3.60. The molecule has 3 N–H and O–H groups in total. The largest absolute Gasteiger partial charge is 0.481 e. The fourth-order valence-corrected chi connectivity index (χ4v) is 0.924. The number of ketones is 1. The van der Waals surface area contributed by atoms with Gasteiger partial charge in [-0.1, -0.05) is 0 Å². The van der Waals surface area contributed by atoms with Crippen molar-refractivity contribution in [2.45, 2.75) is 39.2 Å². The van der Waals surface area contributed by atoms with Crippen LogP contribution in [0.1, 0.15) is 33.1 Å². The van der Waals surface area contributed by atoms with E-state index in [1.807, 2.05) is 5.32 Å². The average Bonchev–Trinajstić information content (AvgIpc) is 2.16. The molecule has 17 heavy (non-hydrogen) atoms. The summed E-state index contributed by atoms with van der Waals surface area (Å²) in [4.78, 5) is 43.3. The van der Waals surface area contributed by atoms with E-state index < -0.39 is 23.9 Å². The van der Waals surface area contributed by atoms with E-state index in [0.29, 0.717) is 0 Å². The van der Waals surface area contributed by atoms with E-state index in [2.05, 4.69) is 5.32 Å².